The molecule has 4 heteroatoms. The van der Waals surface area contributed by atoms with Crippen molar-refractivity contribution >= 4 is 5.91 Å². The van der Waals surface area contributed by atoms with Gasteiger partial charge >= 0.3 is 0 Å². The first-order valence-electron chi connectivity index (χ1n) is 6.93. The van der Waals surface area contributed by atoms with E-state index in [0.29, 0.717) is 5.91 Å². The molecular formula is C13H22N2O2. The van der Waals surface area contributed by atoms with Gasteiger partial charge in [0.25, 0.3) is 0 Å². The lowest BCUT2D eigenvalue weighted by Gasteiger charge is -2.46. The van der Waals surface area contributed by atoms with Gasteiger partial charge < -0.3 is 15.0 Å². The normalized spacial score (nSPS) is 34.7. The monoisotopic (exact) mass is 238 g/mol. The maximum Gasteiger partial charge on any atom is 0.228 e. The molecule has 0 aliphatic carbocycles. The second-order valence-electron chi connectivity index (χ2n) is 5.71. The van der Waals surface area contributed by atoms with Gasteiger partial charge in [0.15, 0.2) is 0 Å². The number of hydrogen-bond acceptors (Lipinski definition) is 3. The smallest absolute Gasteiger partial charge is 0.228 e. The summed E-state index contributed by atoms with van der Waals surface area (Å²) in [5.74, 6) is 0.575. The summed E-state index contributed by atoms with van der Waals surface area (Å²) >= 11 is 0. The number of ether oxygens (including phenoxy) is 1. The second-order valence-corrected chi connectivity index (χ2v) is 5.71. The number of nitrogens with zero attached hydrogens (tertiary/aromatic N) is 1. The van der Waals surface area contributed by atoms with Crippen LogP contribution < -0.4 is 5.32 Å². The summed E-state index contributed by atoms with van der Waals surface area (Å²) in [6, 6.07) is 0. The van der Waals surface area contributed by atoms with Crippen LogP contribution >= 0.6 is 0 Å². The van der Waals surface area contributed by atoms with E-state index < -0.39 is 0 Å². The molecule has 3 rings (SSSR count). The van der Waals surface area contributed by atoms with Gasteiger partial charge in [-0.05, 0) is 32.1 Å². The van der Waals surface area contributed by atoms with E-state index in [2.05, 4.69) is 10.2 Å². The Labute approximate surface area is 103 Å². The summed E-state index contributed by atoms with van der Waals surface area (Å²) in [6.07, 6.45) is 5.82. The highest BCUT2D eigenvalue weighted by Crippen LogP contribution is 2.34. The zero-order chi connectivity index (χ0) is 11.7. The number of carbonyl (C=O) groups excluding carboxylic acids is 1. The maximum atomic E-state index is 12.2. The highest BCUT2D eigenvalue weighted by Gasteiger charge is 2.41. The van der Waals surface area contributed by atoms with Crippen molar-refractivity contribution < 1.29 is 9.53 Å². The zero-order valence-corrected chi connectivity index (χ0v) is 10.4. The molecular weight excluding hydrogens is 216 g/mol. The van der Waals surface area contributed by atoms with Crippen molar-refractivity contribution in [3.63, 3.8) is 0 Å². The van der Waals surface area contributed by atoms with Gasteiger partial charge in [-0.1, -0.05) is 0 Å². The summed E-state index contributed by atoms with van der Waals surface area (Å²) < 4.78 is 6.01. The van der Waals surface area contributed by atoms with Crippen molar-refractivity contribution in [2.24, 2.45) is 5.92 Å². The summed E-state index contributed by atoms with van der Waals surface area (Å²) in [7, 11) is 0. The number of likely N-dealkylation sites (tertiary alicyclic amines) is 1. The Kier molecular flexibility index (Phi) is 3.09. The molecule has 3 aliphatic rings. The number of nitrogens with one attached hydrogen (secondary N) is 1. The molecule has 0 aromatic rings. The van der Waals surface area contributed by atoms with Crippen LogP contribution in [0.1, 0.15) is 32.1 Å². The number of amides is 1. The lowest BCUT2D eigenvalue weighted by molar-refractivity contribution is -0.153. The third-order valence-corrected chi connectivity index (χ3v) is 4.42. The third kappa shape index (κ3) is 2.20. The third-order valence-electron chi connectivity index (χ3n) is 4.42. The largest absolute Gasteiger partial charge is 0.373 e. The van der Waals surface area contributed by atoms with Crippen molar-refractivity contribution in [1.29, 1.82) is 0 Å². The maximum absolute atomic E-state index is 12.2. The Morgan fingerprint density at radius 2 is 2.06 bits per heavy atom. The SMILES string of the molecule is O=C(C1CNC1)N1CCC[C@]2(CCCCO2)C1. The Hall–Kier alpha value is -0.610. The first-order valence-corrected chi connectivity index (χ1v) is 6.93. The van der Waals surface area contributed by atoms with Gasteiger partial charge in [-0.25, -0.2) is 0 Å². The zero-order valence-electron chi connectivity index (χ0n) is 10.4. The average molecular weight is 238 g/mol. The van der Waals surface area contributed by atoms with Crippen LogP contribution in [-0.2, 0) is 9.53 Å². The Bertz CT molecular complexity index is 290. The van der Waals surface area contributed by atoms with Gasteiger partial charge in [-0.15, -0.1) is 0 Å². The van der Waals surface area contributed by atoms with E-state index in [1.807, 2.05) is 0 Å². The molecule has 3 fully saturated rings. The van der Waals surface area contributed by atoms with Gasteiger partial charge in [0.2, 0.25) is 5.91 Å². The molecule has 3 heterocycles. The molecule has 1 N–H and O–H groups in total. The minimum Gasteiger partial charge on any atom is -0.373 e. The fraction of sp³-hybridized carbons (Fsp3) is 0.923. The first-order chi connectivity index (χ1) is 8.29. The van der Waals surface area contributed by atoms with Gasteiger partial charge in [0.1, 0.15) is 0 Å². The van der Waals surface area contributed by atoms with Crippen molar-refractivity contribution in [1.82, 2.24) is 10.2 Å². The summed E-state index contributed by atoms with van der Waals surface area (Å²) in [4.78, 5) is 14.3. The molecule has 0 saturated carbocycles. The molecule has 0 aromatic carbocycles. The van der Waals surface area contributed by atoms with E-state index in [1.54, 1.807) is 0 Å². The van der Waals surface area contributed by atoms with Crippen molar-refractivity contribution in [2.45, 2.75) is 37.7 Å². The molecule has 1 amide bonds. The molecule has 0 unspecified atom stereocenters. The molecule has 0 aromatic heterocycles. The van der Waals surface area contributed by atoms with E-state index >= 15 is 0 Å². The highest BCUT2D eigenvalue weighted by atomic mass is 16.5. The van der Waals surface area contributed by atoms with Crippen LogP contribution in [0.3, 0.4) is 0 Å². The highest BCUT2D eigenvalue weighted by molar-refractivity contribution is 5.80. The summed E-state index contributed by atoms with van der Waals surface area (Å²) in [5.41, 5.74) is 0.00331. The Balaban J connectivity index is 1.64. The van der Waals surface area contributed by atoms with E-state index in [0.717, 1.165) is 52.0 Å². The minimum absolute atomic E-state index is 0.00331. The molecule has 17 heavy (non-hydrogen) atoms. The van der Waals surface area contributed by atoms with E-state index in [-0.39, 0.29) is 11.5 Å². The van der Waals surface area contributed by atoms with Gasteiger partial charge in [0, 0.05) is 32.8 Å². The van der Waals surface area contributed by atoms with Crippen molar-refractivity contribution in [3.05, 3.63) is 0 Å². The Morgan fingerprint density at radius 3 is 2.71 bits per heavy atom. The number of rotatable bonds is 1. The van der Waals surface area contributed by atoms with E-state index in [4.69, 9.17) is 4.74 Å². The lowest BCUT2D eigenvalue weighted by Crippen LogP contribution is -2.58. The van der Waals surface area contributed by atoms with Gasteiger partial charge in [0.05, 0.1) is 11.5 Å². The summed E-state index contributed by atoms with van der Waals surface area (Å²) in [6.45, 7) is 4.38. The Morgan fingerprint density at radius 1 is 1.24 bits per heavy atom. The first kappa shape index (κ1) is 11.5. The number of piperidine rings is 1. The topological polar surface area (TPSA) is 41.6 Å². The van der Waals surface area contributed by atoms with Crippen LogP contribution in [0.2, 0.25) is 0 Å². The van der Waals surface area contributed by atoms with E-state index in [9.17, 15) is 4.79 Å². The fourth-order valence-electron chi connectivity index (χ4n) is 3.24. The minimum atomic E-state index is 0.00331. The van der Waals surface area contributed by atoms with Crippen LogP contribution in [-0.4, -0.2) is 49.2 Å². The molecule has 3 aliphatic heterocycles. The molecule has 3 saturated heterocycles. The van der Waals surface area contributed by atoms with E-state index in [1.165, 1.54) is 12.8 Å². The molecule has 1 atom stereocenters. The van der Waals surface area contributed by atoms with Crippen LogP contribution in [0, 0.1) is 5.92 Å². The standard InChI is InChI=1S/C13H22N2O2/c16-12(11-8-14-9-11)15-6-3-5-13(10-15)4-1-2-7-17-13/h11,14H,1-10H2/t13-/m1/s1. The molecule has 0 radical (unpaired) electrons. The van der Waals surface area contributed by atoms with Crippen molar-refractivity contribution in [3.8, 4) is 0 Å². The van der Waals surface area contributed by atoms with Gasteiger partial charge in [-0.3, -0.25) is 4.79 Å². The molecule has 1 spiro atoms. The number of hydrogen-bond donors (Lipinski definition) is 1. The van der Waals surface area contributed by atoms with Crippen LogP contribution in [0.5, 0.6) is 0 Å². The number of carbonyl (C=O) groups is 1. The second kappa shape index (κ2) is 4.58. The summed E-state index contributed by atoms with van der Waals surface area (Å²) in [5, 5.41) is 3.17. The van der Waals surface area contributed by atoms with Crippen LogP contribution in [0.15, 0.2) is 0 Å². The predicted molar refractivity (Wildman–Crippen MR) is 64.7 cm³/mol. The quantitative estimate of drug-likeness (QED) is 0.733. The lowest BCUT2D eigenvalue weighted by atomic mass is 9.85. The fourth-order valence-corrected chi connectivity index (χ4v) is 3.24. The van der Waals surface area contributed by atoms with Crippen LogP contribution in [0.4, 0.5) is 0 Å². The van der Waals surface area contributed by atoms with Crippen LogP contribution in [0.25, 0.3) is 0 Å². The molecule has 96 valence electrons. The van der Waals surface area contributed by atoms with Crippen molar-refractivity contribution in [2.75, 3.05) is 32.8 Å². The van der Waals surface area contributed by atoms with Gasteiger partial charge in [-0.2, -0.15) is 0 Å². The average Bonchev–Trinajstić information content (AvgIpc) is 2.28. The predicted octanol–water partition coefficient (Wildman–Crippen LogP) is 0.767. The molecule has 0 bridgehead atoms. The molecule has 4 nitrogen and oxygen atoms in total.